The van der Waals surface area contributed by atoms with Crippen LogP contribution in [-0.2, 0) is 7.05 Å². The van der Waals surface area contributed by atoms with Crippen LogP contribution in [-0.4, -0.2) is 32.5 Å². The molecule has 150 valence electrons. The van der Waals surface area contributed by atoms with Gasteiger partial charge in [-0.25, -0.2) is 15.0 Å². The van der Waals surface area contributed by atoms with Crippen LogP contribution >= 0.6 is 11.6 Å². The third-order valence-corrected chi connectivity index (χ3v) is 4.64. The maximum absolute atomic E-state index is 12.8. The lowest BCUT2D eigenvalue weighted by Crippen LogP contribution is -2.32. The lowest BCUT2D eigenvalue weighted by molar-refractivity contribution is 0.0934. The van der Waals surface area contributed by atoms with E-state index in [9.17, 15) is 9.59 Å². The van der Waals surface area contributed by atoms with E-state index < -0.39 is 11.9 Å². The molecule has 2 aromatic heterocycles. The van der Waals surface area contributed by atoms with Gasteiger partial charge in [0, 0.05) is 25.4 Å². The molecular formula is C19H19ClN6O3. The van der Waals surface area contributed by atoms with Crippen molar-refractivity contribution in [1.82, 2.24) is 24.8 Å². The first-order valence-electron chi connectivity index (χ1n) is 8.60. The zero-order valence-electron chi connectivity index (χ0n) is 16.0. The lowest BCUT2D eigenvalue weighted by atomic mass is 10.1. The number of ether oxygens (including phenoxy) is 1. The zero-order chi connectivity index (χ0) is 21.1. The van der Waals surface area contributed by atoms with Crippen LogP contribution in [0.15, 0.2) is 41.6 Å². The van der Waals surface area contributed by atoms with Gasteiger partial charge in [0.1, 0.15) is 17.9 Å². The molecule has 2 heterocycles. The predicted molar refractivity (Wildman–Crippen MR) is 109 cm³/mol. The number of carbonyl (C=O) groups excluding carboxylic acids is 1. The summed E-state index contributed by atoms with van der Waals surface area (Å²) in [5.41, 5.74) is 6.90. The number of aromatic nitrogens is 4. The summed E-state index contributed by atoms with van der Waals surface area (Å²) in [6, 6.07) is 5.34. The first-order valence-corrected chi connectivity index (χ1v) is 8.97. The molecule has 0 spiro atoms. The predicted octanol–water partition coefficient (Wildman–Crippen LogP) is 1.97. The van der Waals surface area contributed by atoms with E-state index in [0.29, 0.717) is 22.9 Å². The normalized spacial score (nSPS) is 11.7. The molecule has 3 aromatic rings. The van der Waals surface area contributed by atoms with Gasteiger partial charge in [-0.2, -0.15) is 0 Å². The van der Waals surface area contributed by atoms with E-state index in [-0.39, 0.29) is 21.9 Å². The first kappa shape index (κ1) is 20.3. The second-order valence-electron chi connectivity index (χ2n) is 6.26. The van der Waals surface area contributed by atoms with Crippen molar-refractivity contribution in [2.24, 2.45) is 7.05 Å². The highest BCUT2D eigenvalue weighted by Crippen LogP contribution is 2.29. The third-order valence-electron chi connectivity index (χ3n) is 4.31. The van der Waals surface area contributed by atoms with Gasteiger partial charge < -0.3 is 15.8 Å². The van der Waals surface area contributed by atoms with Gasteiger partial charge in [0.05, 0.1) is 40.8 Å². The number of anilines is 1. The van der Waals surface area contributed by atoms with E-state index in [1.807, 2.05) is 0 Å². The molecule has 0 saturated heterocycles. The minimum atomic E-state index is -0.594. The largest absolute Gasteiger partial charge is 0.496 e. The fraction of sp³-hybridized carbons (Fsp3) is 0.211. The molecule has 0 bridgehead atoms. The van der Waals surface area contributed by atoms with E-state index in [4.69, 9.17) is 22.1 Å². The van der Waals surface area contributed by atoms with Gasteiger partial charge in [0.2, 0.25) is 0 Å². The van der Waals surface area contributed by atoms with Crippen molar-refractivity contribution in [1.29, 1.82) is 0 Å². The average Bonchev–Trinajstić information content (AvgIpc) is 2.72. The number of nitrogens with two attached hydrogens (primary N) is 1. The van der Waals surface area contributed by atoms with Crippen LogP contribution in [0, 0.1) is 0 Å². The van der Waals surface area contributed by atoms with Gasteiger partial charge in [0.15, 0.2) is 0 Å². The Morgan fingerprint density at radius 2 is 2.07 bits per heavy atom. The van der Waals surface area contributed by atoms with Gasteiger partial charge >= 0.3 is 0 Å². The summed E-state index contributed by atoms with van der Waals surface area (Å²) in [7, 11) is 3.01. The molecule has 0 radical (unpaired) electrons. The Morgan fingerprint density at radius 1 is 1.31 bits per heavy atom. The molecule has 0 aliphatic carbocycles. The minimum Gasteiger partial charge on any atom is -0.496 e. The summed E-state index contributed by atoms with van der Waals surface area (Å²) in [5.74, 6) is 0.200. The highest BCUT2D eigenvalue weighted by molar-refractivity contribution is 6.33. The fourth-order valence-electron chi connectivity index (χ4n) is 2.77. The minimum absolute atomic E-state index is 0.218. The zero-order valence-corrected chi connectivity index (χ0v) is 16.8. The molecule has 29 heavy (non-hydrogen) atoms. The van der Waals surface area contributed by atoms with E-state index in [1.165, 1.54) is 36.2 Å². The number of hydrogen-bond acceptors (Lipinski definition) is 7. The quantitative estimate of drug-likeness (QED) is 0.611. The number of nitrogens with one attached hydrogen (secondary N) is 1. The van der Waals surface area contributed by atoms with Gasteiger partial charge in [-0.1, -0.05) is 11.6 Å². The van der Waals surface area contributed by atoms with Gasteiger partial charge in [-0.3, -0.25) is 14.2 Å². The maximum atomic E-state index is 12.8. The molecule has 0 saturated carbocycles. The van der Waals surface area contributed by atoms with E-state index >= 15 is 0 Å². The van der Waals surface area contributed by atoms with Crippen LogP contribution in [0.4, 0.5) is 5.69 Å². The van der Waals surface area contributed by atoms with Crippen molar-refractivity contribution in [3.05, 3.63) is 63.6 Å². The number of rotatable bonds is 5. The molecule has 3 rings (SSSR count). The van der Waals surface area contributed by atoms with Gasteiger partial charge in [-0.15, -0.1) is 0 Å². The Hall–Kier alpha value is -3.46. The third kappa shape index (κ3) is 4.19. The molecule has 0 aliphatic rings. The van der Waals surface area contributed by atoms with Crippen molar-refractivity contribution in [3.63, 3.8) is 0 Å². The van der Waals surface area contributed by atoms with E-state index in [2.05, 4.69) is 20.3 Å². The van der Waals surface area contributed by atoms with Gasteiger partial charge in [-0.05, 0) is 19.1 Å². The Labute approximate surface area is 171 Å². The lowest BCUT2D eigenvalue weighted by Gasteiger charge is -2.18. The monoisotopic (exact) mass is 414 g/mol. The van der Waals surface area contributed by atoms with Crippen LogP contribution in [0.2, 0.25) is 5.02 Å². The molecule has 10 heteroatoms. The van der Waals surface area contributed by atoms with Crippen molar-refractivity contribution in [2.75, 3.05) is 12.8 Å². The summed E-state index contributed by atoms with van der Waals surface area (Å²) in [6.07, 6.45) is 2.93. The molecule has 1 aromatic carbocycles. The second kappa shape index (κ2) is 8.27. The Kier molecular flexibility index (Phi) is 5.79. The maximum Gasteiger partial charge on any atom is 0.255 e. The number of nitrogen functional groups attached to an aromatic ring is 1. The van der Waals surface area contributed by atoms with Gasteiger partial charge in [0.25, 0.3) is 11.5 Å². The van der Waals surface area contributed by atoms with Crippen LogP contribution < -0.4 is 21.3 Å². The summed E-state index contributed by atoms with van der Waals surface area (Å²) in [5, 5.41) is 3.04. The highest BCUT2D eigenvalue weighted by Gasteiger charge is 2.20. The number of benzene rings is 1. The number of nitrogens with zero attached hydrogens (tertiary/aromatic N) is 4. The molecule has 9 nitrogen and oxygen atoms in total. The van der Waals surface area contributed by atoms with Crippen molar-refractivity contribution >= 4 is 23.2 Å². The van der Waals surface area contributed by atoms with Crippen molar-refractivity contribution in [3.8, 4) is 17.1 Å². The van der Waals surface area contributed by atoms with Crippen LogP contribution in [0.3, 0.4) is 0 Å². The summed E-state index contributed by atoms with van der Waals surface area (Å²) >= 11 is 6.04. The van der Waals surface area contributed by atoms with E-state index in [0.717, 1.165) is 0 Å². The summed E-state index contributed by atoms with van der Waals surface area (Å²) in [6.45, 7) is 1.72. The van der Waals surface area contributed by atoms with Crippen molar-refractivity contribution < 1.29 is 9.53 Å². The molecule has 0 aliphatic heterocycles. The van der Waals surface area contributed by atoms with E-state index in [1.54, 1.807) is 26.2 Å². The highest BCUT2D eigenvalue weighted by atomic mass is 35.5. The molecule has 1 amide bonds. The SMILES string of the molecule is COc1cc(N)c(Cl)cc1C(=O)NC(C)c1nc(-c2ccncn2)cc(=O)n1C. The number of methoxy groups -OCH3 is 1. The summed E-state index contributed by atoms with van der Waals surface area (Å²) in [4.78, 5) is 37.7. The Morgan fingerprint density at radius 3 is 2.72 bits per heavy atom. The Bertz CT molecular complexity index is 1120. The molecule has 3 N–H and O–H groups in total. The van der Waals surface area contributed by atoms with Crippen LogP contribution in [0.25, 0.3) is 11.4 Å². The van der Waals surface area contributed by atoms with Crippen LogP contribution in [0.1, 0.15) is 29.1 Å². The van der Waals surface area contributed by atoms with Crippen LogP contribution in [0.5, 0.6) is 5.75 Å². The molecule has 1 unspecified atom stereocenters. The number of halogens is 1. The average molecular weight is 415 g/mol. The second-order valence-corrected chi connectivity index (χ2v) is 6.67. The number of hydrogen-bond donors (Lipinski definition) is 2. The molecular weight excluding hydrogens is 396 g/mol. The number of carbonyl (C=O) groups is 1. The topological polar surface area (TPSA) is 125 Å². The van der Waals surface area contributed by atoms with Crippen molar-refractivity contribution in [2.45, 2.75) is 13.0 Å². The number of amides is 1. The fourth-order valence-corrected chi connectivity index (χ4v) is 2.94. The summed E-state index contributed by atoms with van der Waals surface area (Å²) < 4.78 is 6.59. The molecule has 0 fully saturated rings. The first-order chi connectivity index (χ1) is 13.8. The smallest absolute Gasteiger partial charge is 0.255 e. The Balaban J connectivity index is 1.94. The molecule has 1 atom stereocenters. The standard InChI is InChI=1S/C19H19ClN6O3/c1-10(24-19(28)11-6-12(20)13(21)7-16(11)29-3)18-25-15(8-17(27)26(18)2)14-4-5-22-9-23-14/h4-10H,21H2,1-3H3,(H,24,28).